The fourth-order valence-corrected chi connectivity index (χ4v) is 2.93. The zero-order chi connectivity index (χ0) is 19.2. The Balaban J connectivity index is 0.000000504. The molecule has 13 heteroatoms. The first-order valence-corrected chi connectivity index (χ1v) is 9.67. The van der Waals surface area contributed by atoms with Crippen LogP contribution in [0.3, 0.4) is 0 Å². The maximum absolute atomic E-state index is 11.6. The first kappa shape index (κ1) is 26.5. The Hall–Kier alpha value is 0.493. The van der Waals surface area contributed by atoms with E-state index in [1.165, 1.54) is 0 Å². The molecular weight excluding hydrogens is 546 g/mol. The zero-order valence-electron chi connectivity index (χ0n) is 12.9. The number of fused-ring (bicyclic) bond motifs is 1. The van der Waals surface area contributed by atoms with E-state index in [2.05, 4.69) is 65.6 Å². The number of halogens is 3. The second-order valence-electron chi connectivity index (χ2n) is 4.44. The monoisotopic (exact) mass is 553 g/mol. The van der Waals surface area contributed by atoms with Crippen LogP contribution in [0.1, 0.15) is 21.5 Å². The van der Waals surface area contributed by atoms with E-state index in [1.54, 1.807) is 18.2 Å². The molecule has 1 aromatic carbocycles. The number of nitrogens with one attached hydrogen (secondary N) is 3. The minimum atomic E-state index is -1.62. The van der Waals surface area contributed by atoms with Crippen molar-refractivity contribution in [3.05, 3.63) is 34.9 Å². The first-order chi connectivity index (χ1) is 11.5. The Morgan fingerprint density at radius 1 is 1.12 bits per heavy atom. The average Bonchev–Trinajstić information content (AvgIpc) is 2.78. The summed E-state index contributed by atoms with van der Waals surface area (Å²) < 4.78 is -0.878. The molecular formula is C13H10Cl3N3OS5Zn. The molecule has 1 aromatic rings. The largest absolute Gasteiger partial charge is 2.00 e. The van der Waals surface area contributed by atoms with Crippen molar-refractivity contribution < 1.29 is 24.3 Å². The fraction of sp³-hybridized carbons (Fsp3) is 0.231. The third-order valence-corrected chi connectivity index (χ3v) is 4.24. The van der Waals surface area contributed by atoms with Crippen molar-refractivity contribution >= 4 is 116 Å². The van der Waals surface area contributed by atoms with E-state index in [9.17, 15) is 4.79 Å². The van der Waals surface area contributed by atoms with E-state index in [0.717, 1.165) is 0 Å². The van der Waals surface area contributed by atoms with Gasteiger partial charge in [-0.2, -0.15) is 0 Å². The van der Waals surface area contributed by atoms with Crippen LogP contribution in [-0.4, -0.2) is 32.6 Å². The predicted molar refractivity (Wildman–Crippen MR) is 121 cm³/mol. The molecule has 0 atom stereocenters. The summed E-state index contributed by atoms with van der Waals surface area (Å²) in [5, 5.41) is 8.07. The molecule has 0 saturated carbocycles. The summed E-state index contributed by atoms with van der Waals surface area (Å²) in [5.74, 6) is -0.322. The van der Waals surface area contributed by atoms with Crippen LogP contribution in [0.5, 0.6) is 0 Å². The number of rotatable bonds is 3. The van der Waals surface area contributed by atoms with Gasteiger partial charge in [0.25, 0.3) is 5.91 Å². The quantitative estimate of drug-likeness (QED) is 0.173. The molecule has 136 valence electrons. The summed E-state index contributed by atoms with van der Waals surface area (Å²) in [5.41, 5.74) is 1.31. The summed E-state index contributed by atoms with van der Waals surface area (Å²) in [4.78, 5) is 11.9. The van der Waals surface area contributed by atoms with Gasteiger partial charge in [-0.25, -0.2) is 0 Å². The van der Waals surface area contributed by atoms with Gasteiger partial charge in [0.1, 0.15) is 4.99 Å². The molecule has 0 aromatic heterocycles. The molecule has 0 bridgehead atoms. The first-order valence-electron chi connectivity index (χ1n) is 6.49. The van der Waals surface area contributed by atoms with E-state index in [0.29, 0.717) is 43.4 Å². The standard InChI is InChI=1S/C9H4Cl3NOS.C4H8N2S4.Zn/c10-9(11,12)5-3-1-2-4-6(5)7(14)13-8(4)15;7-3(8)5-1-2-6-4(9)10;/h1-3H,(H,13,14,15);1-2H2,(H2,5,7,8)(H2,6,9,10);/q;;+2/p-2. The van der Waals surface area contributed by atoms with Crippen LogP contribution in [0.4, 0.5) is 0 Å². The molecule has 4 nitrogen and oxygen atoms in total. The van der Waals surface area contributed by atoms with Crippen LogP contribution < -0.4 is 16.0 Å². The zero-order valence-corrected chi connectivity index (χ0v) is 22.3. The molecule has 0 saturated heterocycles. The molecule has 1 aliphatic heterocycles. The van der Waals surface area contributed by atoms with Gasteiger partial charge in [0.05, 0.1) is 5.56 Å². The minimum Gasteiger partial charge on any atom is -0.412 e. The van der Waals surface area contributed by atoms with E-state index < -0.39 is 3.79 Å². The Morgan fingerprint density at radius 2 is 1.62 bits per heavy atom. The third-order valence-electron chi connectivity index (χ3n) is 2.73. The van der Waals surface area contributed by atoms with Crippen molar-refractivity contribution in [2.75, 3.05) is 13.1 Å². The van der Waals surface area contributed by atoms with Gasteiger partial charge in [0, 0.05) is 24.2 Å². The molecule has 1 heterocycles. The molecule has 0 radical (unpaired) electrons. The fourth-order valence-electron chi connectivity index (χ4n) is 1.78. The average molecular weight is 556 g/mol. The molecule has 3 N–H and O–H groups in total. The van der Waals surface area contributed by atoms with Crippen molar-refractivity contribution in [2.24, 2.45) is 0 Å². The minimum absolute atomic E-state index is 0. The number of amides is 1. The molecule has 26 heavy (non-hydrogen) atoms. The van der Waals surface area contributed by atoms with Crippen molar-refractivity contribution in [3.8, 4) is 0 Å². The second kappa shape index (κ2) is 12.1. The number of thiocarbonyl (C=S) groups is 3. The van der Waals surface area contributed by atoms with Crippen LogP contribution in [0.15, 0.2) is 18.2 Å². The summed E-state index contributed by atoms with van der Waals surface area (Å²) >= 11 is 40.6. The number of alkyl halides is 3. The van der Waals surface area contributed by atoms with Gasteiger partial charge in [-0.05, 0) is 0 Å². The van der Waals surface area contributed by atoms with Crippen LogP contribution in [-0.2, 0) is 48.5 Å². The molecule has 1 aliphatic rings. The van der Waals surface area contributed by atoms with Gasteiger partial charge in [-0.3, -0.25) is 4.79 Å². The Labute approximate surface area is 206 Å². The van der Waals surface area contributed by atoms with Gasteiger partial charge in [-0.15, -0.1) is 0 Å². The van der Waals surface area contributed by atoms with Crippen LogP contribution >= 0.6 is 71.5 Å². The predicted octanol–water partition coefficient (Wildman–Crippen LogP) is 2.76. The molecule has 1 amide bonds. The second-order valence-corrected chi connectivity index (χ2v) is 9.28. The normalized spacial score (nSPS) is 12.0. The van der Waals surface area contributed by atoms with Crippen molar-refractivity contribution in [1.82, 2.24) is 16.0 Å². The summed E-state index contributed by atoms with van der Waals surface area (Å²) in [6.45, 7) is 1.33. The summed E-state index contributed by atoms with van der Waals surface area (Å²) in [6.07, 6.45) is 0. The van der Waals surface area contributed by atoms with Gasteiger partial charge in [0.2, 0.25) is 3.79 Å². The molecule has 0 spiro atoms. The smallest absolute Gasteiger partial charge is 0.412 e. The van der Waals surface area contributed by atoms with Gasteiger partial charge >= 0.3 is 19.5 Å². The molecule has 0 aliphatic carbocycles. The topological polar surface area (TPSA) is 53.2 Å². The number of carbonyl (C=O) groups is 1. The van der Waals surface area contributed by atoms with Crippen LogP contribution in [0.2, 0.25) is 0 Å². The van der Waals surface area contributed by atoms with E-state index >= 15 is 0 Å². The van der Waals surface area contributed by atoms with E-state index in [-0.39, 0.29) is 25.4 Å². The maximum Gasteiger partial charge on any atom is 2.00 e. The molecule has 2 rings (SSSR count). The maximum atomic E-state index is 11.6. The molecule has 0 fully saturated rings. The SMILES string of the molecule is O=C1NC(=S)c2cccc(C(Cl)(Cl)Cl)c21.S=C([S-])NCCNC(=S)[S-].[Zn+2]. The van der Waals surface area contributed by atoms with Crippen LogP contribution in [0, 0.1) is 0 Å². The van der Waals surface area contributed by atoms with Crippen molar-refractivity contribution in [2.45, 2.75) is 3.79 Å². The summed E-state index contributed by atoms with van der Waals surface area (Å²) in [7, 11) is 0. The Bertz CT molecular complexity index is 699. The van der Waals surface area contributed by atoms with Crippen LogP contribution in [0.25, 0.3) is 0 Å². The number of hydrogen-bond acceptors (Lipinski definition) is 6. The number of carbonyl (C=O) groups excluding carboxylic acids is 1. The molecule has 0 unspecified atom stereocenters. The van der Waals surface area contributed by atoms with E-state index in [4.69, 9.17) is 47.0 Å². The van der Waals surface area contributed by atoms with Gasteiger partial charge < -0.3 is 65.6 Å². The van der Waals surface area contributed by atoms with Gasteiger partial charge in [-0.1, -0.05) is 73.9 Å². The third kappa shape index (κ3) is 8.67. The van der Waals surface area contributed by atoms with Crippen molar-refractivity contribution in [3.63, 3.8) is 0 Å². The Kier molecular flexibility index (Phi) is 12.4. The summed E-state index contributed by atoms with van der Waals surface area (Å²) in [6, 6.07) is 5.01. The van der Waals surface area contributed by atoms with Gasteiger partial charge in [0.15, 0.2) is 0 Å². The number of benzene rings is 1. The van der Waals surface area contributed by atoms with Crippen molar-refractivity contribution in [1.29, 1.82) is 0 Å². The Morgan fingerprint density at radius 3 is 2.04 bits per heavy atom. The number of hydrogen-bond donors (Lipinski definition) is 3. The van der Waals surface area contributed by atoms with E-state index in [1.807, 2.05) is 0 Å².